The van der Waals surface area contributed by atoms with Crippen molar-refractivity contribution in [2.75, 3.05) is 6.61 Å². The summed E-state index contributed by atoms with van der Waals surface area (Å²) in [6, 6.07) is 0.0405. The molecule has 0 aromatic rings. The molecule has 11 heteroatoms. The quantitative estimate of drug-likeness (QED) is 0.0270. The van der Waals surface area contributed by atoms with E-state index in [4.69, 9.17) is 29.4 Å². The van der Waals surface area contributed by atoms with Gasteiger partial charge in [-0.1, -0.05) is 246 Å². The molecule has 0 bridgehead atoms. The lowest BCUT2D eigenvalue weighted by molar-refractivity contribution is -0.239. The Morgan fingerprint density at radius 1 is 0.417 bits per heavy atom. The van der Waals surface area contributed by atoms with Crippen LogP contribution in [-0.2, 0) is 42.9 Å². The van der Waals surface area contributed by atoms with Gasteiger partial charge in [-0.2, -0.15) is 0 Å². The number of carbonyl (C=O) groups is 4. The first-order valence-electron chi connectivity index (χ1n) is 31.0. The van der Waals surface area contributed by atoms with Crippen LogP contribution >= 0.6 is 11.8 Å². The number of thioether (sulfide) groups is 1. The fourth-order valence-corrected chi connectivity index (χ4v) is 12.0. The van der Waals surface area contributed by atoms with Gasteiger partial charge in [0.2, 0.25) is 0 Å². The van der Waals surface area contributed by atoms with Crippen LogP contribution < -0.4 is 5.73 Å². The summed E-state index contributed by atoms with van der Waals surface area (Å²) in [5.74, 6) is -1.53. The molecule has 0 aromatic heterocycles. The molecule has 0 radical (unpaired) electrons. The first kappa shape index (κ1) is 66.3. The minimum atomic E-state index is -1.14. The summed E-state index contributed by atoms with van der Waals surface area (Å²) < 4.78 is 32.2. The second kappa shape index (κ2) is 46.5. The van der Waals surface area contributed by atoms with Gasteiger partial charge in [-0.3, -0.25) is 19.2 Å². The molecule has 2 unspecified atom stereocenters. The fraction of sp³-hybridized carbons (Fsp3) is 0.934. The molecule has 1 saturated heterocycles. The molecule has 1 aliphatic heterocycles. The molecule has 2 rings (SSSR count). The van der Waals surface area contributed by atoms with Crippen molar-refractivity contribution in [1.29, 1.82) is 0 Å². The van der Waals surface area contributed by atoms with Crippen molar-refractivity contribution in [2.24, 2.45) is 5.73 Å². The molecule has 2 N–H and O–H groups in total. The van der Waals surface area contributed by atoms with Crippen LogP contribution in [0.5, 0.6) is 0 Å². The summed E-state index contributed by atoms with van der Waals surface area (Å²) in [6.07, 6.45) is 42.0. The van der Waals surface area contributed by atoms with E-state index in [0.717, 1.165) is 109 Å². The lowest BCUT2D eigenvalue weighted by atomic mass is 9.98. The van der Waals surface area contributed by atoms with Crippen LogP contribution in [0.3, 0.4) is 0 Å². The van der Waals surface area contributed by atoms with Crippen LogP contribution in [0.2, 0.25) is 0 Å². The van der Waals surface area contributed by atoms with E-state index in [1.807, 2.05) is 0 Å². The number of esters is 4. The predicted octanol–water partition coefficient (Wildman–Crippen LogP) is 17.1. The van der Waals surface area contributed by atoms with Gasteiger partial charge in [0.15, 0.2) is 18.3 Å². The third kappa shape index (κ3) is 34.7. The topological polar surface area (TPSA) is 140 Å². The fourth-order valence-electron chi connectivity index (χ4n) is 10.4. The van der Waals surface area contributed by atoms with Gasteiger partial charge in [-0.25, -0.2) is 0 Å². The van der Waals surface area contributed by atoms with Gasteiger partial charge < -0.3 is 29.4 Å². The zero-order chi connectivity index (χ0) is 52.1. The van der Waals surface area contributed by atoms with Crippen LogP contribution in [0, 0.1) is 0 Å². The second-order valence-corrected chi connectivity index (χ2v) is 23.3. The van der Waals surface area contributed by atoms with Crippen molar-refractivity contribution < 1.29 is 42.9 Å². The van der Waals surface area contributed by atoms with E-state index in [-0.39, 0.29) is 49.1 Å². The van der Waals surface area contributed by atoms with Crippen molar-refractivity contribution in [3.05, 3.63) is 0 Å². The predicted molar refractivity (Wildman–Crippen MR) is 299 cm³/mol. The number of unbranched alkanes of at least 4 members (excludes halogenated alkanes) is 32. The van der Waals surface area contributed by atoms with Gasteiger partial charge in [-0.05, 0) is 44.9 Å². The number of hydrogen-bond donors (Lipinski definition) is 1. The van der Waals surface area contributed by atoms with Crippen LogP contribution in [0.15, 0.2) is 0 Å². The average molecular weight is 1040 g/mol. The highest BCUT2D eigenvalue weighted by Gasteiger charge is 2.53. The van der Waals surface area contributed by atoms with Gasteiger partial charge in [0.1, 0.15) is 18.1 Å². The van der Waals surface area contributed by atoms with Crippen molar-refractivity contribution in [3.63, 3.8) is 0 Å². The molecular formula is C61H113NO9S. The van der Waals surface area contributed by atoms with Crippen molar-refractivity contribution in [2.45, 2.75) is 358 Å². The van der Waals surface area contributed by atoms with E-state index in [1.165, 1.54) is 135 Å². The molecule has 0 spiro atoms. The molecule has 7 atom stereocenters. The molecule has 1 saturated carbocycles. The molecule has 2 fully saturated rings. The van der Waals surface area contributed by atoms with E-state index in [1.54, 1.807) is 11.8 Å². The molecular weight excluding hydrogens is 923 g/mol. The molecule has 422 valence electrons. The van der Waals surface area contributed by atoms with Gasteiger partial charge in [0, 0.05) is 37.0 Å². The third-order valence-corrected chi connectivity index (χ3v) is 16.4. The van der Waals surface area contributed by atoms with Crippen molar-refractivity contribution in [1.82, 2.24) is 0 Å². The number of nitrogens with two attached hydrogens (primary N) is 1. The van der Waals surface area contributed by atoms with Crippen molar-refractivity contribution in [3.8, 4) is 0 Å². The summed E-state index contributed by atoms with van der Waals surface area (Å²) in [6.45, 7) is 8.77. The standard InChI is InChI=1S/C61H113NO9S/c1-5-9-13-17-21-25-29-33-37-45-54(63)67-50-53-58(69-55(64)46-38-34-30-26-22-18-14-10-6-2)59(70-56(65)47-39-35-31-27-23-19-15-11-7-3)60(61(68-53)72-52-44-42-41-43-51(62)49-52)71-57(66)48-40-36-32-28-24-20-16-12-8-4/h51-53,58-61H,5-50,62H2,1-4H3/t51?,52?,53-,58+,59+,60-,61+/m1/s1. The molecule has 10 nitrogen and oxygen atoms in total. The monoisotopic (exact) mass is 1040 g/mol. The molecule has 2 aliphatic rings. The maximum atomic E-state index is 14.1. The Balaban J connectivity index is 2.35. The lowest BCUT2D eigenvalue weighted by Gasteiger charge is -2.45. The highest BCUT2D eigenvalue weighted by atomic mass is 32.2. The van der Waals surface area contributed by atoms with E-state index >= 15 is 0 Å². The number of ether oxygens (including phenoxy) is 5. The van der Waals surface area contributed by atoms with Gasteiger partial charge in [-0.15, -0.1) is 11.8 Å². The number of rotatable bonds is 47. The number of hydrogen-bond acceptors (Lipinski definition) is 11. The van der Waals surface area contributed by atoms with E-state index in [0.29, 0.717) is 25.7 Å². The Labute approximate surface area is 446 Å². The smallest absolute Gasteiger partial charge is 0.306 e. The summed E-state index contributed by atoms with van der Waals surface area (Å²) in [7, 11) is 0. The molecule has 0 amide bonds. The minimum absolute atomic E-state index is 0.0405. The van der Waals surface area contributed by atoms with Crippen molar-refractivity contribution >= 4 is 35.6 Å². The number of carbonyl (C=O) groups excluding carboxylic acids is 4. The average Bonchev–Trinajstić information content (AvgIpc) is 3.58. The van der Waals surface area contributed by atoms with Crippen LogP contribution in [0.25, 0.3) is 0 Å². The molecule has 1 heterocycles. The largest absolute Gasteiger partial charge is 0.463 e. The summed E-state index contributed by atoms with van der Waals surface area (Å²) in [5, 5.41) is 0.116. The van der Waals surface area contributed by atoms with Crippen LogP contribution in [0.4, 0.5) is 0 Å². The Morgan fingerprint density at radius 2 is 0.736 bits per heavy atom. The Morgan fingerprint density at radius 3 is 1.12 bits per heavy atom. The maximum Gasteiger partial charge on any atom is 0.306 e. The summed E-state index contributed by atoms with van der Waals surface area (Å²) in [4.78, 5) is 55.4. The van der Waals surface area contributed by atoms with Gasteiger partial charge >= 0.3 is 23.9 Å². The first-order chi connectivity index (χ1) is 35.2. The Bertz CT molecular complexity index is 1320. The lowest BCUT2D eigenvalue weighted by Crippen LogP contribution is -2.62. The van der Waals surface area contributed by atoms with E-state index in [2.05, 4.69) is 27.7 Å². The zero-order valence-corrected chi connectivity index (χ0v) is 48.0. The molecule has 1 aliphatic carbocycles. The summed E-state index contributed by atoms with van der Waals surface area (Å²) >= 11 is 1.58. The van der Waals surface area contributed by atoms with Crippen LogP contribution in [0.1, 0.15) is 317 Å². The summed E-state index contributed by atoms with van der Waals surface area (Å²) in [5.41, 5.74) is 5.85. The first-order valence-corrected chi connectivity index (χ1v) is 32.0. The Kier molecular flexibility index (Phi) is 42.7. The molecule has 72 heavy (non-hydrogen) atoms. The highest BCUT2D eigenvalue weighted by molar-refractivity contribution is 8.00. The minimum Gasteiger partial charge on any atom is -0.463 e. The van der Waals surface area contributed by atoms with Crippen LogP contribution in [-0.4, -0.2) is 71.6 Å². The highest BCUT2D eigenvalue weighted by Crippen LogP contribution is 2.40. The van der Waals surface area contributed by atoms with Gasteiger partial charge in [0.25, 0.3) is 0 Å². The zero-order valence-electron chi connectivity index (χ0n) is 47.2. The third-order valence-electron chi connectivity index (χ3n) is 15.0. The molecule has 0 aromatic carbocycles. The normalized spacial score (nSPS) is 21.3. The van der Waals surface area contributed by atoms with E-state index in [9.17, 15) is 19.2 Å². The maximum absolute atomic E-state index is 14.1. The Hall–Kier alpha value is -1.85. The second-order valence-electron chi connectivity index (χ2n) is 21.9. The van der Waals surface area contributed by atoms with Gasteiger partial charge in [0.05, 0.1) is 0 Å². The van der Waals surface area contributed by atoms with E-state index < -0.39 is 41.8 Å². The SMILES string of the molecule is CCCCCCCCCCCC(=O)OC[C@H]1O[C@@H](SC2CCCCC(N)C2)[C@H](OC(=O)CCCCCCCCCCC)[C@@H](OC(=O)CCCCCCCCCCC)[C@H]1OC(=O)CCCCCCCCCCC.